The summed E-state index contributed by atoms with van der Waals surface area (Å²) in [6, 6.07) is 4.09. The third-order valence-corrected chi connectivity index (χ3v) is 4.83. The number of aryl methyl sites for hydroxylation is 1. The molecule has 1 aromatic rings. The van der Waals surface area contributed by atoms with Gasteiger partial charge in [0.15, 0.2) is 0 Å². The van der Waals surface area contributed by atoms with Gasteiger partial charge in [-0.3, -0.25) is 0 Å². The van der Waals surface area contributed by atoms with Crippen LogP contribution in [0.1, 0.15) is 102 Å². The molecule has 1 nitrogen and oxygen atoms in total. The van der Waals surface area contributed by atoms with Crippen molar-refractivity contribution in [3.05, 3.63) is 28.8 Å². The average molecular weight is 319 g/mol. The van der Waals surface area contributed by atoms with Gasteiger partial charge in [0.1, 0.15) is 5.75 Å². The number of aromatic hydroxyl groups is 1. The molecule has 23 heavy (non-hydrogen) atoms. The van der Waals surface area contributed by atoms with Gasteiger partial charge in [-0.25, -0.2) is 0 Å². The lowest BCUT2D eigenvalue weighted by Crippen LogP contribution is -2.02. The van der Waals surface area contributed by atoms with E-state index in [0.717, 1.165) is 19.3 Å². The molecule has 0 aliphatic heterocycles. The van der Waals surface area contributed by atoms with Crippen LogP contribution in [0.3, 0.4) is 0 Å². The second-order valence-electron chi connectivity index (χ2n) is 6.93. The van der Waals surface area contributed by atoms with E-state index in [4.69, 9.17) is 0 Å². The zero-order chi connectivity index (χ0) is 16.9. The molecule has 0 fully saturated rings. The molecule has 1 rings (SSSR count). The molecule has 0 aromatic heterocycles. The van der Waals surface area contributed by atoms with Crippen molar-refractivity contribution in [1.82, 2.24) is 0 Å². The van der Waals surface area contributed by atoms with Gasteiger partial charge < -0.3 is 5.11 Å². The third-order valence-electron chi connectivity index (χ3n) is 4.83. The van der Waals surface area contributed by atoms with Gasteiger partial charge in [0.2, 0.25) is 0 Å². The second-order valence-corrected chi connectivity index (χ2v) is 6.93. The van der Waals surface area contributed by atoms with Crippen LogP contribution in [-0.4, -0.2) is 5.11 Å². The SMILES string of the molecule is CCCCCCCc1c(O)ccc(CCC)c1CCCCCC. The van der Waals surface area contributed by atoms with Crippen molar-refractivity contribution in [3.63, 3.8) is 0 Å². The number of phenolic OH excluding ortho intramolecular Hbond substituents is 1. The van der Waals surface area contributed by atoms with Crippen LogP contribution in [0.2, 0.25) is 0 Å². The fraction of sp³-hybridized carbons (Fsp3) is 0.727. The Balaban J connectivity index is 2.75. The Kier molecular flexibility index (Phi) is 10.9. The molecule has 0 aliphatic carbocycles. The number of phenols is 1. The molecule has 1 heteroatoms. The van der Waals surface area contributed by atoms with E-state index in [1.165, 1.54) is 80.9 Å². The lowest BCUT2D eigenvalue weighted by molar-refractivity contribution is 0.463. The highest BCUT2D eigenvalue weighted by atomic mass is 16.3. The Morgan fingerprint density at radius 3 is 1.78 bits per heavy atom. The molecular weight excluding hydrogens is 280 g/mol. The smallest absolute Gasteiger partial charge is 0.119 e. The molecule has 0 spiro atoms. The standard InChI is InChI=1S/C22H38O/c1-4-7-9-11-13-16-21-20(15-12-10-8-5-2)19(14-6-3)17-18-22(21)23/h17-18,23H,4-16H2,1-3H3. The van der Waals surface area contributed by atoms with Crippen molar-refractivity contribution < 1.29 is 5.11 Å². The molecule has 132 valence electrons. The van der Waals surface area contributed by atoms with E-state index in [1.54, 1.807) is 0 Å². The monoisotopic (exact) mass is 318 g/mol. The van der Waals surface area contributed by atoms with Crippen molar-refractivity contribution in [3.8, 4) is 5.75 Å². The van der Waals surface area contributed by atoms with Crippen molar-refractivity contribution in [2.24, 2.45) is 0 Å². The van der Waals surface area contributed by atoms with Crippen LogP contribution in [0.15, 0.2) is 12.1 Å². The van der Waals surface area contributed by atoms with Gasteiger partial charge in [-0.15, -0.1) is 0 Å². The molecule has 1 aromatic carbocycles. The van der Waals surface area contributed by atoms with Gasteiger partial charge in [0.05, 0.1) is 0 Å². The van der Waals surface area contributed by atoms with E-state index >= 15 is 0 Å². The molecule has 0 heterocycles. The molecule has 0 amide bonds. The fourth-order valence-corrected chi connectivity index (χ4v) is 3.46. The fourth-order valence-electron chi connectivity index (χ4n) is 3.46. The van der Waals surface area contributed by atoms with Crippen LogP contribution in [0.5, 0.6) is 5.75 Å². The summed E-state index contributed by atoms with van der Waals surface area (Å²) in [5.41, 5.74) is 4.20. The van der Waals surface area contributed by atoms with Gasteiger partial charge in [-0.05, 0) is 54.9 Å². The predicted molar refractivity (Wildman–Crippen MR) is 102 cm³/mol. The van der Waals surface area contributed by atoms with E-state index in [1.807, 2.05) is 6.07 Å². The number of hydrogen-bond acceptors (Lipinski definition) is 1. The summed E-state index contributed by atoms with van der Waals surface area (Å²) < 4.78 is 0. The molecule has 0 saturated carbocycles. The van der Waals surface area contributed by atoms with Gasteiger partial charge in [-0.2, -0.15) is 0 Å². The summed E-state index contributed by atoms with van der Waals surface area (Å²) >= 11 is 0. The molecule has 0 radical (unpaired) electrons. The topological polar surface area (TPSA) is 20.2 Å². The Bertz CT molecular complexity index is 422. The quantitative estimate of drug-likeness (QED) is 0.389. The van der Waals surface area contributed by atoms with Crippen LogP contribution in [0, 0.1) is 0 Å². The zero-order valence-corrected chi connectivity index (χ0v) is 15.8. The Morgan fingerprint density at radius 1 is 0.609 bits per heavy atom. The predicted octanol–water partition coefficient (Wildman–Crippen LogP) is 6.98. The van der Waals surface area contributed by atoms with Crippen molar-refractivity contribution in [1.29, 1.82) is 0 Å². The maximum Gasteiger partial charge on any atom is 0.119 e. The van der Waals surface area contributed by atoms with Crippen LogP contribution in [-0.2, 0) is 19.3 Å². The highest BCUT2D eigenvalue weighted by Gasteiger charge is 2.12. The van der Waals surface area contributed by atoms with E-state index in [-0.39, 0.29) is 0 Å². The Morgan fingerprint density at radius 2 is 1.17 bits per heavy atom. The van der Waals surface area contributed by atoms with Crippen LogP contribution in [0.25, 0.3) is 0 Å². The maximum absolute atomic E-state index is 10.4. The van der Waals surface area contributed by atoms with Gasteiger partial charge >= 0.3 is 0 Å². The minimum Gasteiger partial charge on any atom is -0.508 e. The number of hydrogen-bond donors (Lipinski definition) is 1. The average Bonchev–Trinajstić information content (AvgIpc) is 2.55. The number of benzene rings is 1. The third kappa shape index (κ3) is 7.42. The number of rotatable bonds is 13. The van der Waals surface area contributed by atoms with Gasteiger partial charge in [0, 0.05) is 0 Å². The zero-order valence-electron chi connectivity index (χ0n) is 15.8. The molecular formula is C22H38O. The Labute approximate surface area is 144 Å². The van der Waals surface area contributed by atoms with Gasteiger partial charge in [0.25, 0.3) is 0 Å². The highest BCUT2D eigenvalue weighted by Crippen LogP contribution is 2.29. The molecule has 0 saturated heterocycles. The van der Waals surface area contributed by atoms with Crippen molar-refractivity contribution in [2.45, 2.75) is 104 Å². The van der Waals surface area contributed by atoms with Crippen LogP contribution in [0.4, 0.5) is 0 Å². The summed E-state index contributed by atoms with van der Waals surface area (Å²) in [6.07, 6.45) is 16.2. The second kappa shape index (κ2) is 12.4. The maximum atomic E-state index is 10.4. The summed E-state index contributed by atoms with van der Waals surface area (Å²) in [6.45, 7) is 6.77. The summed E-state index contributed by atoms with van der Waals surface area (Å²) in [7, 11) is 0. The largest absolute Gasteiger partial charge is 0.508 e. The van der Waals surface area contributed by atoms with E-state index in [0.29, 0.717) is 5.75 Å². The van der Waals surface area contributed by atoms with Gasteiger partial charge in [-0.1, -0.05) is 78.2 Å². The molecule has 0 bridgehead atoms. The first kappa shape index (κ1) is 20.1. The first-order valence-electron chi connectivity index (χ1n) is 10.1. The minimum atomic E-state index is 0.533. The van der Waals surface area contributed by atoms with E-state index < -0.39 is 0 Å². The summed E-state index contributed by atoms with van der Waals surface area (Å²) in [4.78, 5) is 0. The minimum absolute atomic E-state index is 0.533. The lowest BCUT2D eigenvalue weighted by atomic mass is 9.90. The first-order valence-corrected chi connectivity index (χ1v) is 10.1. The number of unbranched alkanes of at least 4 members (excludes halogenated alkanes) is 7. The summed E-state index contributed by atoms with van der Waals surface area (Å²) in [5.74, 6) is 0.533. The van der Waals surface area contributed by atoms with E-state index in [2.05, 4.69) is 26.8 Å². The first-order chi connectivity index (χ1) is 11.2. The Hall–Kier alpha value is -0.980. The van der Waals surface area contributed by atoms with Crippen molar-refractivity contribution >= 4 is 0 Å². The highest BCUT2D eigenvalue weighted by molar-refractivity contribution is 5.45. The molecule has 0 atom stereocenters. The van der Waals surface area contributed by atoms with Crippen LogP contribution >= 0.6 is 0 Å². The van der Waals surface area contributed by atoms with Crippen molar-refractivity contribution in [2.75, 3.05) is 0 Å². The molecule has 1 N–H and O–H groups in total. The molecule has 0 unspecified atom stereocenters. The lowest BCUT2D eigenvalue weighted by Gasteiger charge is -2.16. The summed E-state index contributed by atoms with van der Waals surface area (Å²) in [5, 5.41) is 10.4. The molecule has 0 aliphatic rings. The van der Waals surface area contributed by atoms with E-state index in [9.17, 15) is 5.11 Å². The van der Waals surface area contributed by atoms with Crippen LogP contribution < -0.4 is 0 Å². The normalized spacial score (nSPS) is 11.1.